The van der Waals surface area contributed by atoms with Gasteiger partial charge in [-0.1, -0.05) is 18.2 Å². The van der Waals surface area contributed by atoms with Crippen LogP contribution in [-0.2, 0) is 0 Å². The van der Waals surface area contributed by atoms with Gasteiger partial charge in [0.15, 0.2) is 5.82 Å². The molecule has 0 saturated carbocycles. The summed E-state index contributed by atoms with van der Waals surface area (Å²) < 4.78 is 0. The van der Waals surface area contributed by atoms with Crippen LogP contribution in [-0.4, -0.2) is 44.9 Å². The number of amides is 1. The van der Waals surface area contributed by atoms with Crippen LogP contribution in [0.2, 0.25) is 0 Å². The van der Waals surface area contributed by atoms with Crippen LogP contribution >= 0.6 is 0 Å². The largest absolute Gasteiger partial charge is 0.337 e. The molecule has 122 valence electrons. The van der Waals surface area contributed by atoms with Gasteiger partial charge in [0, 0.05) is 19.1 Å². The van der Waals surface area contributed by atoms with Gasteiger partial charge >= 0.3 is 0 Å². The third kappa shape index (κ3) is 2.76. The van der Waals surface area contributed by atoms with E-state index in [4.69, 9.17) is 5.73 Å². The lowest BCUT2D eigenvalue weighted by atomic mass is 10.1. The molecule has 1 aliphatic heterocycles. The first-order valence-electron chi connectivity index (χ1n) is 8.18. The summed E-state index contributed by atoms with van der Waals surface area (Å²) in [6.07, 6.45) is 1.68. The minimum absolute atomic E-state index is 0.0418. The second-order valence-electron chi connectivity index (χ2n) is 6.14. The zero-order valence-electron chi connectivity index (χ0n) is 13.3. The van der Waals surface area contributed by atoms with Crippen molar-refractivity contribution in [1.82, 2.24) is 19.9 Å². The maximum Gasteiger partial charge on any atom is 0.272 e. The number of aromatic nitrogens is 3. The molecule has 1 aliphatic rings. The van der Waals surface area contributed by atoms with Crippen molar-refractivity contribution in [2.45, 2.75) is 18.9 Å². The van der Waals surface area contributed by atoms with Crippen molar-refractivity contribution in [2.75, 3.05) is 13.1 Å². The first kappa shape index (κ1) is 14.8. The fourth-order valence-corrected chi connectivity index (χ4v) is 3.02. The third-order valence-electron chi connectivity index (χ3n) is 4.43. The Labute approximate surface area is 139 Å². The van der Waals surface area contributed by atoms with Crippen LogP contribution in [0.15, 0.2) is 42.5 Å². The Balaban J connectivity index is 1.62. The number of piperidine rings is 1. The molecule has 1 fully saturated rings. The first-order valence-corrected chi connectivity index (χ1v) is 8.18. The Kier molecular flexibility index (Phi) is 3.74. The maximum absolute atomic E-state index is 12.7. The summed E-state index contributed by atoms with van der Waals surface area (Å²) in [5.41, 5.74) is 8.87. The molecule has 3 aromatic rings. The summed E-state index contributed by atoms with van der Waals surface area (Å²) in [6.45, 7) is 1.38. The third-order valence-corrected chi connectivity index (χ3v) is 4.43. The molecule has 0 aliphatic carbocycles. The SMILES string of the molecule is NC1CCN(C(=O)c2cccc(-c3nc4ccccc4[nH]3)n2)CC1. The minimum Gasteiger partial charge on any atom is -0.337 e. The number of nitrogens with two attached hydrogens (primary N) is 1. The van der Waals surface area contributed by atoms with Gasteiger partial charge in [0.2, 0.25) is 0 Å². The van der Waals surface area contributed by atoms with Crippen LogP contribution in [0, 0.1) is 0 Å². The molecule has 0 radical (unpaired) electrons. The molecule has 0 bridgehead atoms. The number of H-pyrrole nitrogens is 1. The van der Waals surface area contributed by atoms with Crippen LogP contribution in [0.5, 0.6) is 0 Å². The Hall–Kier alpha value is -2.73. The highest BCUT2D eigenvalue weighted by atomic mass is 16.2. The predicted octanol–water partition coefficient (Wildman–Crippen LogP) is 2.19. The van der Waals surface area contributed by atoms with E-state index in [1.54, 1.807) is 6.07 Å². The summed E-state index contributed by atoms with van der Waals surface area (Å²) in [5, 5.41) is 0. The number of carbonyl (C=O) groups excluding carboxylic acids is 1. The van der Waals surface area contributed by atoms with E-state index in [2.05, 4.69) is 15.0 Å². The van der Waals surface area contributed by atoms with Crippen molar-refractivity contribution >= 4 is 16.9 Å². The molecule has 0 atom stereocenters. The van der Waals surface area contributed by atoms with Gasteiger partial charge in [0.1, 0.15) is 11.4 Å². The lowest BCUT2D eigenvalue weighted by Gasteiger charge is -2.29. The van der Waals surface area contributed by atoms with Gasteiger partial charge in [-0.3, -0.25) is 4.79 Å². The Morgan fingerprint density at radius 3 is 2.67 bits per heavy atom. The van der Waals surface area contributed by atoms with Crippen molar-refractivity contribution in [3.05, 3.63) is 48.2 Å². The van der Waals surface area contributed by atoms with Gasteiger partial charge in [-0.25, -0.2) is 9.97 Å². The number of aromatic amines is 1. The molecule has 6 nitrogen and oxygen atoms in total. The normalized spacial score (nSPS) is 15.8. The topological polar surface area (TPSA) is 87.9 Å². The number of hydrogen-bond donors (Lipinski definition) is 2. The number of nitrogens with zero attached hydrogens (tertiary/aromatic N) is 3. The molecule has 3 heterocycles. The molecule has 3 N–H and O–H groups in total. The van der Waals surface area contributed by atoms with E-state index >= 15 is 0 Å². The summed E-state index contributed by atoms with van der Waals surface area (Å²) in [6, 6.07) is 13.5. The summed E-state index contributed by atoms with van der Waals surface area (Å²) in [5.74, 6) is 0.631. The van der Waals surface area contributed by atoms with Crippen molar-refractivity contribution in [1.29, 1.82) is 0 Å². The highest BCUT2D eigenvalue weighted by molar-refractivity contribution is 5.93. The van der Waals surface area contributed by atoms with E-state index in [-0.39, 0.29) is 11.9 Å². The average Bonchev–Trinajstić information content (AvgIpc) is 3.06. The highest BCUT2D eigenvalue weighted by Gasteiger charge is 2.22. The van der Waals surface area contributed by atoms with Crippen LogP contribution in [0.25, 0.3) is 22.6 Å². The molecule has 1 amide bonds. The zero-order chi connectivity index (χ0) is 16.5. The number of para-hydroxylation sites is 2. The molecular formula is C18H19N5O. The molecule has 24 heavy (non-hydrogen) atoms. The lowest BCUT2D eigenvalue weighted by Crippen LogP contribution is -2.43. The minimum atomic E-state index is -0.0418. The van der Waals surface area contributed by atoms with Crippen molar-refractivity contribution < 1.29 is 4.79 Å². The number of rotatable bonds is 2. The summed E-state index contributed by atoms with van der Waals surface area (Å²) >= 11 is 0. The number of hydrogen-bond acceptors (Lipinski definition) is 4. The van der Waals surface area contributed by atoms with Gasteiger partial charge in [-0.15, -0.1) is 0 Å². The number of fused-ring (bicyclic) bond motifs is 1. The predicted molar refractivity (Wildman–Crippen MR) is 92.4 cm³/mol. The molecule has 1 saturated heterocycles. The smallest absolute Gasteiger partial charge is 0.272 e. The van der Waals surface area contributed by atoms with Gasteiger partial charge in [0.05, 0.1) is 11.0 Å². The van der Waals surface area contributed by atoms with Gasteiger partial charge < -0.3 is 15.6 Å². The van der Waals surface area contributed by atoms with Crippen LogP contribution in [0.3, 0.4) is 0 Å². The molecule has 4 rings (SSSR count). The average molecular weight is 321 g/mol. The Morgan fingerprint density at radius 2 is 1.88 bits per heavy atom. The van der Waals surface area contributed by atoms with E-state index in [1.807, 2.05) is 41.3 Å². The van der Waals surface area contributed by atoms with Gasteiger partial charge in [-0.2, -0.15) is 0 Å². The highest BCUT2D eigenvalue weighted by Crippen LogP contribution is 2.19. The molecule has 0 spiro atoms. The molecule has 1 aromatic carbocycles. The molecule has 0 unspecified atom stereocenters. The number of likely N-dealkylation sites (tertiary alicyclic amines) is 1. The number of imidazole rings is 1. The van der Waals surface area contributed by atoms with Crippen LogP contribution < -0.4 is 5.73 Å². The number of benzene rings is 1. The monoisotopic (exact) mass is 321 g/mol. The fraction of sp³-hybridized carbons (Fsp3) is 0.278. The van der Waals surface area contributed by atoms with Crippen molar-refractivity contribution in [3.8, 4) is 11.5 Å². The lowest BCUT2D eigenvalue weighted by molar-refractivity contribution is 0.0709. The van der Waals surface area contributed by atoms with Gasteiger partial charge in [0.25, 0.3) is 5.91 Å². The second kappa shape index (κ2) is 6.05. The molecular weight excluding hydrogens is 302 g/mol. The second-order valence-corrected chi connectivity index (χ2v) is 6.14. The number of pyridine rings is 1. The Bertz CT molecular complexity index is 847. The number of carbonyl (C=O) groups is 1. The quantitative estimate of drug-likeness (QED) is 0.757. The van der Waals surface area contributed by atoms with E-state index in [1.165, 1.54) is 0 Å². The maximum atomic E-state index is 12.7. The summed E-state index contributed by atoms with van der Waals surface area (Å²) in [4.78, 5) is 26.8. The fourth-order valence-electron chi connectivity index (χ4n) is 3.02. The zero-order valence-corrected chi connectivity index (χ0v) is 13.3. The first-order chi connectivity index (χ1) is 11.7. The van der Waals surface area contributed by atoms with Crippen molar-refractivity contribution in [2.24, 2.45) is 5.73 Å². The molecule has 2 aromatic heterocycles. The number of nitrogens with one attached hydrogen (secondary N) is 1. The van der Waals surface area contributed by atoms with Crippen LogP contribution in [0.1, 0.15) is 23.3 Å². The van der Waals surface area contributed by atoms with E-state index in [9.17, 15) is 4.79 Å². The van der Waals surface area contributed by atoms with E-state index in [0.29, 0.717) is 30.3 Å². The molecule has 6 heteroatoms. The van der Waals surface area contributed by atoms with Gasteiger partial charge in [-0.05, 0) is 37.1 Å². The standard InChI is InChI=1S/C18H19N5O/c19-12-8-10-23(11-9-12)18(24)16-7-3-6-15(20-16)17-21-13-4-1-2-5-14(13)22-17/h1-7,12H,8-11,19H2,(H,21,22). The van der Waals surface area contributed by atoms with E-state index < -0.39 is 0 Å². The van der Waals surface area contributed by atoms with E-state index in [0.717, 1.165) is 23.9 Å². The van der Waals surface area contributed by atoms with Crippen LogP contribution in [0.4, 0.5) is 0 Å². The van der Waals surface area contributed by atoms with Crippen molar-refractivity contribution in [3.63, 3.8) is 0 Å². The Morgan fingerprint density at radius 1 is 1.08 bits per heavy atom. The summed E-state index contributed by atoms with van der Waals surface area (Å²) in [7, 11) is 0.